The maximum absolute atomic E-state index is 10.0. The van der Waals surface area contributed by atoms with Crippen molar-refractivity contribution < 1.29 is 14.7 Å². The summed E-state index contributed by atoms with van der Waals surface area (Å²) in [6.07, 6.45) is 2.21. The molecule has 2 N–H and O–H groups in total. The van der Waals surface area contributed by atoms with Crippen molar-refractivity contribution in [3.8, 4) is 5.75 Å². The van der Waals surface area contributed by atoms with E-state index in [2.05, 4.69) is 32.9 Å². The predicted molar refractivity (Wildman–Crippen MR) is 81.6 cm³/mol. The van der Waals surface area contributed by atoms with Gasteiger partial charge >= 0.3 is 0 Å². The number of ether oxygens (including phenoxy) is 1. The van der Waals surface area contributed by atoms with Crippen LogP contribution in [0.25, 0.3) is 0 Å². The van der Waals surface area contributed by atoms with Gasteiger partial charge in [-0.3, -0.25) is 0 Å². The fourth-order valence-electron chi connectivity index (χ4n) is 3.05. The van der Waals surface area contributed by atoms with Gasteiger partial charge in [0.05, 0.1) is 13.1 Å². The van der Waals surface area contributed by atoms with E-state index in [0.717, 1.165) is 12.3 Å². The van der Waals surface area contributed by atoms with Gasteiger partial charge in [-0.15, -0.1) is 0 Å². The van der Waals surface area contributed by atoms with Crippen molar-refractivity contribution in [2.24, 2.45) is 0 Å². The van der Waals surface area contributed by atoms with E-state index in [-0.39, 0.29) is 6.10 Å². The number of aryl methyl sites for hydroxylation is 1. The normalized spacial score (nSPS) is 17.6. The third-order valence-corrected chi connectivity index (χ3v) is 4.14. The molecule has 3 heteroatoms. The van der Waals surface area contributed by atoms with Gasteiger partial charge in [-0.25, -0.2) is 0 Å². The van der Waals surface area contributed by atoms with Gasteiger partial charge in [0.1, 0.15) is 25.0 Å². The van der Waals surface area contributed by atoms with Gasteiger partial charge in [0.2, 0.25) is 0 Å². The molecule has 112 valence electrons. The van der Waals surface area contributed by atoms with Gasteiger partial charge in [-0.2, -0.15) is 0 Å². The Labute approximate surface area is 122 Å². The zero-order valence-electron chi connectivity index (χ0n) is 13.0. The number of hydrogen-bond donors (Lipinski definition) is 2. The van der Waals surface area contributed by atoms with Gasteiger partial charge in [-0.1, -0.05) is 19.9 Å². The summed E-state index contributed by atoms with van der Waals surface area (Å²) in [6.45, 7) is 10.1. The Kier molecular flexibility index (Phi) is 5.44. The number of quaternary nitrogens is 1. The molecule has 1 aliphatic heterocycles. The Balaban J connectivity index is 1.82. The second-order valence-corrected chi connectivity index (χ2v) is 6.30. The molecular formula is C17H28NO2+. The molecule has 0 bridgehead atoms. The zero-order chi connectivity index (χ0) is 14.5. The molecule has 0 spiro atoms. The van der Waals surface area contributed by atoms with Crippen LogP contribution in [0.3, 0.4) is 0 Å². The van der Waals surface area contributed by atoms with Crippen LogP contribution in [-0.4, -0.2) is 37.5 Å². The minimum atomic E-state index is -0.367. The monoisotopic (exact) mass is 278 g/mol. The number of benzene rings is 1. The van der Waals surface area contributed by atoms with Gasteiger partial charge in [-0.05, 0) is 36.1 Å². The number of hydrogen-bond acceptors (Lipinski definition) is 2. The van der Waals surface area contributed by atoms with Crippen LogP contribution in [0.15, 0.2) is 18.2 Å². The summed E-state index contributed by atoms with van der Waals surface area (Å²) in [5, 5.41) is 10.0. The van der Waals surface area contributed by atoms with Crippen molar-refractivity contribution in [3.63, 3.8) is 0 Å². The summed E-state index contributed by atoms with van der Waals surface area (Å²) in [5.74, 6) is 1.40. The standard InChI is InChI=1S/C17H27NO2/c1-13(2)17-7-6-16(10-14(17)3)20-12-15(19)11-18-8-4-5-9-18/h6-7,10,13,15,19H,4-5,8-9,11-12H2,1-3H3/p+1/t15-/m1/s1. The lowest BCUT2D eigenvalue weighted by molar-refractivity contribution is -0.890. The van der Waals surface area contributed by atoms with Gasteiger partial charge in [0.25, 0.3) is 0 Å². The van der Waals surface area contributed by atoms with E-state index in [1.807, 2.05) is 6.07 Å². The number of aliphatic hydroxyl groups is 1. The van der Waals surface area contributed by atoms with E-state index in [9.17, 15) is 5.11 Å². The van der Waals surface area contributed by atoms with Crippen molar-refractivity contribution in [2.75, 3.05) is 26.2 Å². The Morgan fingerprint density at radius 2 is 1.95 bits per heavy atom. The van der Waals surface area contributed by atoms with Crippen molar-refractivity contribution in [1.82, 2.24) is 0 Å². The van der Waals surface area contributed by atoms with Gasteiger partial charge in [0, 0.05) is 12.8 Å². The van der Waals surface area contributed by atoms with E-state index in [1.54, 1.807) is 0 Å². The zero-order valence-corrected chi connectivity index (χ0v) is 13.0. The van der Waals surface area contributed by atoms with Crippen LogP contribution in [0.1, 0.15) is 43.7 Å². The van der Waals surface area contributed by atoms with Crippen LogP contribution < -0.4 is 9.64 Å². The van der Waals surface area contributed by atoms with E-state index < -0.39 is 0 Å². The van der Waals surface area contributed by atoms with Gasteiger partial charge in [0.15, 0.2) is 0 Å². The first-order chi connectivity index (χ1) is 9.56. The first-order valence-corrected chi connectivity index (χ1v) is 7.81. The fourth-order valence-corrected chi connectivity index (χ4v) is 3.05. The highest BCUT2D eigenvalue weighted by atomic mass is 16.5. The van der Waals surface area contributed by atoms with Crippen LogP contribution in [-0.2, 0) is 0 Å². The Morgan fingerprint density at radius 1 is 1.25 bits per heavy atom. The van der Waals surface area contributed by atoms with Gasteiger partial charge < -0.3 is 14.7 Å². The molecule has 1 aromatic rings. The highest BCUT2D eigenvalue weighted by Crippen LogP contribution is 2.23. The lowest BCUT2D eigenvalue weighted by atomic mass is 9.98. The smallest absolute Gasteiger partial charge is 0.137 e. The molecule has 1 saturated heterocycles. The summed E-state index contributed by atoms with van der Waals surface area (Å²) in [4.78, 5) is 1.51. The number of likely N-dealkylation sites (tertiary alicyclic amines) is 1. The van der Waals surface area contributed by atoms with Crippen LogP contribution in [0, 0.1) is 6.92 Å². The summed E-state index contributed by atoms with van der Waals surface area (Å²) >= 11 is 0. The maximum atomic E-state index is 10.0. The molecule has 1 atom stereocenters. The predicted octanol–water partition coefficient (Wildman–Crippen LogP) is 1.54. The summed E-state index contributed by atoms with van der Waals surface area (Å²) in [7, 11) is 0. The summed E-state index contributed by atoms with van der Waals surface area (Å²) in [6, 6.07) is 6.22. The largest absolute Gasteiger partial charge is 0.491 e. The number of rotatable bonds is 6. The number of aliphatic hydroxyl groups excluding tert-OH is 1. The lowest BCUT2D eigenvalue weighted by Gasteiger charge is -2.18. The second-order valence-electron chi connectivity index (χ2n) is 6.30. The molecule has 0 radical (unpaired) electrons. The second kappa shape index (κ2) is 7.09. The van der Waals surface area contributed by atoms with E-state index in [0.29, 0.717) is 12.5 Å². The molecule has 0 saturated carbocycles. The van der Waals surface area contributed by atoms with Crippen molar-refractivity contribution in [1.29, 1.82) is 0 Å². The number of nitrogens with one attached hydrogen (secondary N) is 1. The third-order valence-electron chi connectivity index (χ3n) is 4.14. The van der Waals surface area contributed by atoms with Crippen molar-refractivity contribution in [3.05, 3.63) is 29.3 Å². The van der Waals surface area contributed by atoms with Crippen LogP contribution in [0.5, 0.6) is 5.75 Å². The third kappa shape index (κ3) is 4.22. The lowest BCUT2D eigenvalue weighted by Crippen LogP contribution is -3.11. The summed E-state index contributed by atoms with van der Waals surface area (Å²) < 4.78 is 5.73. The first-order valence-electron chi connectivity index (χ1n) is 7.81. The summed E-state index contributed by atoms with van der Waals surface area (Å²) in [5.41, 5.74) is 2.62. The molecule has 1 fully saturated rings. The van der Waals surface area contributed by atoms with Crippen molar-refractivity contribution in [2.45, 2.75) is 45.6 Å². The van der Waals surface area contributed by atoms with Crippen LogP contribution in [0.2, 0.25) is 0 Å². The molecular weight excluding hydrogens is 250 g/mol. The average molecular weight is 278 g/mol. The molecule has 0 unspecified atom stereocenters. The van der Waals surface area contributed by atoms with Crippen LogP contribution in [0.4, 0.5) is 0 Å². The Hall–Kier alpha value is -1.06. The SMILES string of the molecule is Cc1cc(OC[C@H](O)C[NH+]2CCCC2)ccc1C(C)C. The molecule has 1 aliphatic rings. The van der Waals surface area contributed by atoms with E-state index >= 15 is 0 Å². The molecule has 2 rings (SSSR count). The molecule has 3 nitrogen and oxygen atoms in total. The highest BCUT2D eigenvalue weighted by Gasteiger charge is 2.19. The molecule has 20 heavy (non-hydrogen) atoms. The molecule has 0 aromatic heterocycles. The Bertz CT molecular complexity index is 425. The average Bonchev–Trinajstić information content (AvgIpc) is 2.89. The van der Waals surface area contributed by atoms with Crippen LogP contribution >= 0.6 is 0 Å². The molecule has 1 heterocycles. The highest BCUT2D eigenvalue weighted by molar-refractivity contribution is 5.36. The molecule has 0 amide bonds. The maximum Gasteiger partial charge on any atom is 0.137 e. The van der Waals surface area contributed by atoms with E-state index in [1.165, 1.54) is 42.0 Å². The Morgan fingerprint density at radius 3 is 2.55 bits per heavy atom. The minimum absolute atomic E-state index is 0.367. The quantitative estimate of drug-likeness (QED) is 0.827. The topological polar surface area (TPSA) is 33.9 Å². The fraction of sp³-hybridized carbons (Fsp3) is 0.647. The molecule has 1 aromatic carbocycles. The van der Waals surface area contributed by atoms with Crippen molar-refractivity contribution >= 4 is 0 Å². The molecule has 0 aliphatic carbocycles. The first kappa shape index (κ1) is 15.3. The minimum Gasteiger partial charge on any atom is -0.491 e. The van der Waals surface area contributed by atoms with E-state index in [4.69, 9.17) is 4.74 Å².